The Morgan fingerprint density at radius 1 is 1.06 bits per heavy atom. The van der Waals surface area contributed by atoms with Crippen LogP contribution in [0.4, 0.5) is 5.69 Å². The van der Waals surface area contributed by atoms with Gasteiger partial charge in [0.1, 0.15) is 6.54 Å². The fraction of sp³-hybridized carbons (Fsp3) is 0.348. The Morgan fingerprint density at radius 2 is 1.87 bits per heavy atom. The maximum Gasteiger partial charge on any atom is 0.253 e. The van der Waals surface area contributed by atoms with Crippen LogP contribution in [0.1, 0.15) is 35.2 Å². The van der Waals surface area contributed by atoms with Gasteiger partial charge in [-0.3, -0.25) is 14.4 Å². The van der Waals surface area contributed by atoms with Crippen molar-refractivity contribution in [3.63, 3.8) is 0 Å². The Balaban J connectivity index is 1.47. The van der Waals surface area contributed by atoms with Gasteiger partial charge in [-0.2, -0.15) is 0 Å². The molecule has 0 atom stereocenters. The number of amides is 3. The fourth-order valence-corrected chi connectivity index (χ4v) is 4.96. The van der Waals surface area contributed by atoms with Crippen LogP contribution in [0.15, 0.2) is 47.4 Å². The van der Waals surface area contributed by atoms with E-state index in [2.05, 4.69) is 5.32 Å². The van der Waals surface area contributed by atoms with E-state index in [4.69, 9.17) is 11.6 Å². The van der Waals surface area contributed by atoms with E-state index in [1.165, 1.54) is 16.7 Å². The summed E-state index contributed by atoms with van der Waals surface area (Å²) in [7, 11) is 0. The number of hydrogen-bond donors (Lipinski definition) is 1. The van der Waals surface area contributed by atoms with Gasteiger partial charge in [-0.05, 0) is 55.2 Å². The lowest BCUT2D eigenvalue weighted by Crippen LogP contribution is -2.43. The van der Waals surface area contributed by atoms with E-state index in [1.807, 2.05) is 29.2 Å². The quantitative estimate of drug-likeness (QED) is 0.742. The molecule has 162 valence electrons. The molecule has 3 amide bonds. The Kier molecular flexibility index (Phi) is 6.83. The largest absolute Gasteiger partial charge is 0.350 e. The van der Waals surface area contributed by atoms with Crippen LogP contribution in [0.3, 0.4) is 0 Å². The van der Waals surface area contributed by atoms with Gasteiger partial charge in [-0.15, -0.1) is 11.8 Å². The monoisotopic (exact) mass is 457 g/mol. The zero-order valence-electron chi connectivity index (χ0n) is 17.1. The van der Waals surface area contributed by atoms with E-state index < -0.39 is 0 Å². The minimum atomic E-state index is -0.265. The summed E-state index contributed by atoms with van der Waals surface area (Å²) in [6, 6.07) is 12.7. The van der Waals surface area contributed by atoms with E-state index in [-0.39, 0.29) is 30.0 Å². The minimum Gasteiger partial charge on any atom is -0.350 e. The molecule has 0 spiro atoms. The summed E-state index contributed by atoms with van der Waals surface area (Å²) in [4.78, 5) is 42.3. The van der Waals surface area contributed by atoms with Crippen molar-refractivity contribution in [2.75, 3.05) is 30.3 Å². The highest BCUT2D eigenvalue weighted by Gasteiger charge is 2.28. The molecule has 2 aliphatic heterocycles. The number of carbonyl (C=O) groups is 3. The maximum atomic E-state index is 12.9. The lowest BCUT2D eigenvalue weighted by atomic mass is 10.1. The summed E-state index contributed by atoms with van der Waals surface area (Å²) < 4.78 is 0. The van der Waals surface area contributed by atoms with Crippen molar-refractivity contribution in [3.8, 4) is 0 Å². The number of rotatable bonds is 5. The van der Waals surface area contributed by atoms with Gasteiger partial charge in [0.25, 0.3) is 5.91 Å². The van der Waals surface area contributed by atoms with Crippen LogP contribution in [0.25, 0.3) is 0 Å². The number of piperidine rings is 1. The summed E-state index contributed by atoms with van der Waals surface area (Å²) in [5.41, 5.74) is 2.07. The molecule has 6 nitrogen and oxygen atoms in total. The minimum absolute atomic E-state index is 0.0177. The van der Waals surface area contributed by atoms with Crippen LogP contribution >= 0.6 is 23.4 Å². The maximum absolute atomic E-state index is 12.9. The second kappa shape index (κ2) is 9.75. The highest BCUT2D eigenvalue weighted by Crippen LogP contribution is 2.36. The van der Waals surface area contributed by atoms with Crippen molar-refractivity contribution >= 4 is 46.8 Å². The molecule has 1 fully saturated rings. The van der Waals surface area contributed by atoms with Gasteiger partial charge in [0.2, 0.25) is 11.8 Å². The number of anilines is 1. The molecule has 0 saturated carbocycles. The van der Waals surface area contributed by atoms with Crippen LogP contribution in [-0.4, -0.2) is 48.0 Å². The number of likely N-dealkylation sites (tertiary alicyclic amines) is 1. The number of hydrogen-bond acceptors (Lipinski definition) is 4. The SMILES string of the molecule is O=C(CN1C(=O)CSc2ccc(C(=O)N3CCCCC3)cc21)NCc1cccc(Cl)c1. The van der Waals surface area contributed by atoms with Gasteiger partial charge < -0.3 is 15.1 Å². The molecule has 31 heavy (non-hydrogen) atoms. The van der Waals surface area contributed by atoms with Gasteiger partial charge in [0, 0.05) is 35.1 Å². The van der Waals surface area contributed by atoms with Gasteiger partial charge in [0.05, 0.1) is 11.4 Å². The number of nitrogens with one attached hydrogen (secondary N) is 1. The molecular weight excluding hydrogens is 434 g/mol. The second-order valence-electron chi connectivity index (χ2n) is 7.71. The normalized spacial score (nSPS) is 16.1. The summed E-state index contributed by atoms with van der Waals surface area (Å²) in [5.74, 6) is -0.152. The Morgan fingerprint density at radius 3 is 2.65 bits per heavy atom. The van der Waals surface area contributed by atoms with Gasteiger partial charge >= 0.3 is 0 Å². The van der Waals surface area contributed by atoms with Gasteiger partial charge in [0.15, 0.2) is 0 Å². The highest BCUT2D eigenvalue weighted by molar-refractivity contribution is 8.00. The average Bonchev–Trinajstić information content (AvgIpc) is 2.79. The van der Waals surface area contributed by atoms with Crippen molar-refractivity contribution < 1.29 is 14.4 Å². The average molecular weight is 458 g/mol. The topological polar surface area (TPSA) is 69.7 Å². The number of benzene rings is 2. The van der Waals surface area contributed by atoms with Crippen LogP contribution in [0.2, 0.25) is 5.02 Å². The molecule has 0 radical (unpaired) electrons. The number of nitrogens with zero attached hydrogens (tertiary/aromatic N) is 2. The lowest BCUT2D eigenvalue weighted by molar-refractivity contribution is -0.123. The number of carbonyl (C=O) groups excluding carboxylic acids is 3. The predicted octanol–water partition coefficient (Wildman–Crippen LogP) is 3.72. The number of fused-ring (bicyclic) bond motifs is 1. The van der Waals surface area contributed by atoms with Crippen LogP contribution in [0, 0.1) is 0 Å². The number of thioether (sulfide) groups is 1. The third kappa shape index (κ3) is 5.22. The van der Waals surface area contributed by atoms with Crippen molar-refractivity contribution in [2.45, 2.75) is 30.7 Å². The summed E-state index contributed by atoms with van der Waals surface area (Å²) in [5, 5.41) is 3.45. The molecule has 2 aromatic rings. The Hall–Kier alpha value is -2.51. The molecule has 2 aromatic carbocycles. The molecule has 4 rings (SSSR count). The summed E-state index contributed by atoms with van der Waals surface area (Å²) in [6.45, 7) is 1.77. The molecule has 1 saturated heterocycles. The third-order valence-corrected chi connectivity index (χ3v) is 6.76. The first-order valence-electron chi connectivity index (χ1n) is 10.4. The molecule has 0 bridgehead atoms. The first-order valence-corrected chi connectivity index (χ1v) is 11.8. The zero-order valence-corrected chi connectivity index (χ0v) is 18.7. The summed E-state index contributed by atoms with van der Waals surface area (Å²) >= 11 is 7.42. The highest BCUT2D eigenvalue weighted by atomic mass is 35.5. The van der Waals surface area contributed by atoms with Crippen molar-refractivity contribution in [1.82, 2.24) is 10.2 Å². The third-order valence-electron chi connectivity index (χ3n) is 5.47. The van der Waals surface area contributed by atoms with Gasteiger partial charge in [-0.25, -0.2) is 0 Å². The van der Waals surface area contributed by atoms with E-state index in [9.17, 15) is 14.4 Å². The molecule has 2 aliphatic rings. The van der Waals surface area contributed by atoms with Gasteiger partial charge in [-0.1, -0.05) is 23.7 Å². The molecule has 2 heterocycles. The molecule has 0 aliphatic carbocycles. The van der Waals surface area contributed by atoms with Crippen molar-refractivity contribution in [3.05, 3.63) is 58.6 Å². The van der Waals surface area contributed by atoms with E-state index >= 15 is 0 Å². The molecule has 8 heteroatoms. The van der Waals surface area contributed by atoms with Crippen LogP contribution < -0.4 is 10.2 Å². The van der Waals surface area contributed by atoms with Crippen molar-refractivity contribution in [2.24, 2.45) is 0 Å². The molecule has 0 aromatic heterocycles. The second-order valence-corrected chi connectivity index (χ2v) is 9.16. The van der Waals surface area contributed by atoms with E-state index in [0.717, 1.165) is 42.8 Å². The molecule has 1 N–H and O–H groups in total. The molecular formula is C23H24ClN3O3S. The van der Waals surface area contributed by atoms with Crippen molar-refractivity contribution in [1.29, 1.82) is 0 Å². The first-order chi connectivity index (χ1) is 15.0. The zero-order chi connectivity index (χ0) is 21.8. The van der Waals surface area contributed by atoms with E-state index in [1.54, 1.807) is 18.2 Å². The summed E-state index contributed by atoms with van der Waals surface area (Å²) in [6.07, 6.45) is 3.19. The van der Waals surface area contributed by atoms with Crippen LogP contribution in [-0.2, 0) is 16.1 Å². The van der Waals surface area contributed by atoms with Crippen LogP contribution in [0.5, 0.6) is 0 Å². The molecule has 0 unspecified atom stereocenters. The fourth-order valence-electron chi connectivity index (χ4n) is 3.84. The Bertz CT molecular complexity index is 1010. The predicted molar refractivity (Wildman–Crippen MR) is 123 cm³/mol. The standard InChI is InChI=1S/C23H24ClN3O3S/c24-18-6-4-5-16(11-18)13-25-21(28)14-27-19-12-17(7-8-20(19)31-15-22(27)29)23(30)26-9-2-1-3-10-26/h4-8,11-12H,1-3,9-10,13-15H2,(H,25,28). The Labute approximate surface area is 190 Å². The lowest BCUT2D eigenvalue weighted by Gasteiger charge is -2.30. The van der Waals surface area contributed by atoms with E-state index in [0.29, 0.717) is 22.8 Å². The number of halogens is 1. The smallest absolute Gasteiger partial charge is 0.253 e. The first kappa shape index (κ1) is 21.7.